The molecule has 4 heteroatoms. The molecule has 0 aliphatic rings. The molecule has 0 amide bonds. The highest BCUT2D eigenvalue weighted by Crippen LogP contribution is 2.28. The highest BCUT2D eigenvalue weighted by molar-refractivity contribution is 7.12. The molecule has 2 aromatic rings. The lowest BCUT2D eigenvalue weighted by atomic mass is 10.1. The van der Waals surface area contributed by atoms with Crippen LogP contribution in [0.3, 0.4) is 0 Å². The fourth-order valence-electron chi connectivity index (χ4n) is 2.69. The molecule has 0 spiro atoms. The highest BCUT2D eigenvalue weighted by Gasteiger charge is 2.10. The zero-order chi connectivity index (χ0) is 18.4. The summed E-state index contributed by atoms with van der Waals surface area (Å²) in [5.41, 5.74) is 5.76. The minimum Gasteiger partial charge on any atom is -0.344 e. The summed E-state index contributed by atoms with van der Waals surface area (Å²) in [5, 5.41) is 4.55. The number of nitrogens with zero attached hydrogens (tertiary/aromatic N) is 2. The molecule has 0 fully saturated rings. The standard InChI is InChI=1S/C21H29N3S/c1-7-8-9-12-20(21-16(4)22-18(6)25-21)24-17(5)23-19-13-10-11-14(2)15(19)3/h10-13H,7-9H2,1-6H3,(H,23,24)/b20-12-. The van der Waals surface area contributed by atoms with Gasteiger partial charge in [-0.3, -0.25) is 0 Å². The number of aromatic nitrogens is 1. The van der Waals surface area contributed by atoms with Gasteiger partial charge in [0.05, 0.1) is 21.3 Å². The first-order chi connectivity index (χ1) is 11.9. The van der Waals surface area contributed by atoms with Crippen LogP contribution in [-0.4, -0.2) is 10.8 Å². The van der Waals surface area contributed by atoms with Gasteiger partial charge in [0.1, 0.15) is 5.84 Å². The number of aliphatic imine (C=N–C) groups is 1. The second kappa shape index (κ2) is 8.95. The molecule has 1 aromatic carbocycles. The second-order valence-electron chi connectivity index (χ2n) is 6.45. The lowest BCUT2D eigenvalue weighted by molar-refractivity contribution is 0.815. The smallest absolute Gasteiger partial charge is 0.103 e. The van der Waals surface area contributed by atoms with Crippen molar-refractivity contribution < 1.29 is 0 Å². The Morgan fingerprint density at radius 3 is 2.64 bits per heavy atom. The molecule has 134 valence electrons. The van der Waals surface area contributed by atoms with Crippen LogP contribution in [0.15, 0.2) is 29.3 Å². The molecular formula is C21H29N3S. The predicted molar refractivity (Wildman–Crippen MR) is 112 cm³/mol. The molecule has 0 saturated heterocycles. The lowest BCUT2D eigenvalue weighted by Gasteiger charge is -2.12. The second-order valence-corrected chi connectivity index (χ2v) is 7.65. The van der Waals surface area contributed by atoms with Crippen molar-refractivity contribution in [3.63, 3.8) is 0 Å². The Morgan fingerprint density at radius 1 is 1.24 bits per heavy atom. The maximum Gasteiger partial charge on any atom is 0.103 e. The molecule has 0 aliphatic heterocycles. The number of thiazole rings is 1. The van der Waals surface area contributed by atoms with Crippen molar-refractivity contribution >= 4 is 28.6 Å². The van der Waals surface area contributed by atoms with Crippen LogP contribution in [-0.2, 0) is 0 Å². The van der Waals surface area contributed by atoms with E-state index >= 15 is 0 Å². The summed E-state index contributed by atoms with van der Waals surface area (Å²) in [6, 6.07) is 6.31. The zero-order valence-electron chi connectivity index (χ0n) is 16.2. The molecule has 0 saturated carbocycles. The monoisotopic (exact) mass is 355 g/mol. The Bertz CT molecular complexity index is 784. The van der Waals surface area contributed by atoms with Gasteiger partial charge in [-0.15, -0.1) is 11.3 Å². The molecule has 0 radical (unpaired) electrons. The normalized spacial score (nSPS) is 12.6. The molecular weight excluding hydrogens is 326 g/mol. The average molecular weight is 356 g/mol. The zero-order valence-corrected chi connectivity index (χ0v) is 17.0. The van der Waals surface area contributed by atoms with Gasteiger partial charge in [-0.1, -0.05) is 31.6 Å². The van der Waals surface area contributed by atoms with E-state index in [1.54, 1.807) is 11.3 Å². The number of rotatable bonds is 6. The summed E-state index contributed by atoms with van der Waals surface area (Å²) in [4.78, 5) is 10.6. The molecule has 3 nitrogen and oxygen atoms in total. The number of amidine groups is 1. The van der Waals surface area contributed by atoms with Crippen molar-refractivity contribution in [1.29, 1.82) is 0 Å². The maximum atomic E-state index is 4.90. The third-order valence-electron chi connectivity index (χ3n) is 4.24. The molecule has 0 aliphatic carbocycles. The predicted octanol–water partition coefficient (Wildman–Crippen LogP) is 6.44. The van der Waals surface area contributed by atoms with Crippen LogP contribution in [0.1, 0.15) is 59.8 Å². The Balaban J connectivity index is 2.30. The van der Waals surface area contributed by atoms with E-state index in [0.29, 0.717) is 0 Å². The van der Waals surface area contributed by atoms with Crippen LogP contribution >= 0.6 is 11.3 Å². The van der Waals surface area contributed by atoms with E-state index in [9.17, 15) is 0 Å². The van der Waals surface area contributed by atoms with Crippen molar-refractivity contribution in [2.75, 3.05) is 5.32 Å². The minimum atomic E-state index is 0.905. The lowest BCUT2D eigenvalue weighted by Crippen LogP contribution is -2.09. The van der Waals surface area contributed by atoms with E-state index in [-0.39, 0.29) is 0 Å². The van der Waals surface area contributed by atoms with Crippen LogP contribution in [0.2, 0.25) is 0 Å². The molecule has 1 heterocycles. The van der Waals surface area contributed by atoms with Gasteiger partial charge < -0.3 is 5.32 Å². The van der Waals surface area contributed by atoms with Gasteiger partial charge in [-0.05, 0) is 64.7 Å². The SMILES string of the molecule is CCCC/C=C(\N=C(C)Nc1cccc(C)c1C)c1sc(C)nc1C. The average Bonchev–Trinajstić information content (AvgIpc) is 2.89. The topological polar surface area (TPSA) is 37.3 Å². The van der Waals surface area contributed by atoms with Crippen LogP contribution in [0.25, 0.3) is 5.70 Å². The molecule has 0 atom stereocenters. The van der Waals surface area contributed by atoms with E-state index in [2.05, 4.69) is 69.2 Å². The van der Waals surface area contributed by atoms with Gasteiger partial charge in [-0.2, -0.15) is 0 Å². The van der Waals surface area contributed by atoms with E-state index in [4.69, 9.17) is 4.99 Å². The Labute approximate surface area is 155 Å². The largest absolute Gasteiger partial charge is 0.344 e. The third-order valence-corrected chi connectivity index (χ3v) is 5.34. The molecule has 0 bridgehead atoms. The summed E-state index contributed by atoms with van der Waals surface area (Å²) < 4.78 is 0. The number of anilines is 1. The van der Waals surface area contributed by atoms with Crippen LogP contribution in [0.4, 0.5) is 5.69 Å². The fraction of sp³-hybridized carbons (Fsp3) is 0.429. The Morgan fingerprint density at radius 2 is 2.00 bits per heavy atom. The van der Waals surface area contributed by atoms with Crippen molar-refractivity contribution in [3.05, 3.63) is 51.0 Å². The quantitative estimate of drug-likeness (QED) is 0.368. The number of unbranched alkanes of at least 4 members (excludes halogenated alkanes) is 2. The first-order valence-electron chi connectivity index (χ1n) is 8.95. The fourth-order valence-corrected chi connectivity index (χ4v) is 3.60. The van der Waals surface area contributed by atoms with Gasteiger partial charge >= 0.3 is 0 Å². The summed E-state index contributed by atoms with van der Waals surface area (Å²) in [5.74, 6) is 0.905. The van der Waals surface area contributed by atoms with Crippen LogP contribution in [0.5, 0.6) is 0 Å². The highest BCUT2D eigenvalue weighted by atomic mass is 32.1. The van der Waals surface area contributed by atoms with Gasteiger partial charge in [0.25, 0.3) is 0 Å². The van der Waals surface area contributed by atoms with Crippen molar-refractivity contribution in [3.8, 4) is 0 Å². The van der Waals surface area contributed by atoms with E-state index in [1.165, 1.54) is 28.8 Å². The van der Waals surface area contributed by atoms with E-state index in [0.717, 1.165) is 34.3 Å². The third kappa shape index (κ3) is 5.27. The van der Waals surface area contributed by atoms with Crippen LogP contribution < -0.4 is 5.32 Å². The number of hydrogen-bond donors (Lipinski definition) is 1. The van der Waals surface area contributed by atoms with Crippen LogP contribution in [0, 0.1) is 27.7 Å². The van der Waals surface area contributed by atoms with Gasteiger partial charge in [-0.25, -0.2) is 9.98 Å². The molecule has 2 rings (SSSR count). The number of nitrogens with one attached hydrogen (secondary N) is 1. The Kier molecular flexibility index (Phi) is 6.94. The summed E-state index contributed by atoms with van der Waals surface area (Å²) >= 11 is 1.72. The molecule has 0 unspecified atom stereocenters. The van der Waals surface area contributed by atoms with E-state index in [1.807, 2.05) is 6.92 Å². The Hall–Kier alpha value is -1.94. The molecule has 1 N–H and O–H groups in total. The number of allylic oxidation sites excluding steroid dienone is 1. The minimum absolute atomic E-state index is 0.905. The van der Waals surface area contributed by atoms with Crippen molar-refractivity contribution in [1.82, 2.24) is 4.98 Å². The number of hydrogen-bond acceptors (Lipinski definition) is 3. The molecule has 25 heavy (non-hydrogen) atoms. The summed E-state index contributed by atoms with van der Waals surface area (Å²) in [6.45, 7) is 12.6. The molecule has 1 aromatic heterocycles. The first-order valence-corrected chi connectivity index (χ1v) is 9.77. The van der Waals surface area contributed by atoms with Crippen molar-refractivity contribution in [2.45, 2.75) is 60.8 Å². The van der Waals surface area contributed by atoms with Gasteiger partial charge in [0.15, 0.2) is 0 Å². The number of aryl methyl sites for hydroxylation is 3. The summed E-state index contributed by atoms with van der Waals surface area (Å²) in [7, 11) is 0. The maximum absolute atomic E-state index is 4.90. The summed E-state index contributed by atoms with van der Waals surface area (Å²) in [6.07, 6.45) is 5.66. The van der Waals surface area contributed by atoms with Gasteiger partial charge in [0.2, 0.25) is 0 Å². The van der Waals surface area contributed by atoms with Crippen molar-refractivity contribution in [2.24, 2.45) is 4.99 Å². The van der Waals surface area contributed by atoms with Gasteiger partial charge in [0, 0.05) is 5.69 Å². The number of benzene rings is 1. The first kappa shape index (κ1) is 19.4. The van der Waals surface area contributed by atoms with E-state index < -0.39 is 0 Å².